The molecular formula is C15H7BrF6N4O. The fourth-order valence-electron chi connectivity index (χ4n) is 3.05. The Hall–Kier alpha value is -2.37. The second-order valence-electron chi connectivity index (χ2n) is 5.85. The third kappa shape index (κ3) is 3.01. The first-order chi connectivity index (χ1) is 12.6. The summed E-state index contributed by atoms with van der Waals surface area (Å²) in [7, 11) is 0. The molecule has 2 aromatic heterocycles. The van der Waals surface area contributed by atoms with Gasteiger partial charge in [0.2, 0.25) is 6.39 Å². The molecule has 0 atom stereocenters. The van der Waals surface area contributed by atoms with Crippen LogP contribution in [-0.4, -0.2) is 15.2 Å². The summed E-state index contributed by atoms with van der Waals surface area (Å²) in [6.45, 7) is 0.179. The highest BCUT2D eigenvalue weighted by molar-refractivity contribution is 9.10. The average molecular weight is 453 g/mol. The molecule has 1 aliphatic rings. The highest BCUT2D eigenvalue weighted by atomic mass is 79.9. The van der Waals surface area contributed by atoms with Gasteiger partial charge < -0.3 is 9.32 Å². The summed E-state index contributed by atoms with van der Waals surface area (Å²) in [6, 6.07) is 1.58. The number of rotatable bonds is 1. The summed E-state index contributed by atoms with van der Waals surface area (Å²) in [5, 5.41) is 6.82. The van der Waals surface area contributed by atoms with Gasteiger partial charge in [-0.05, 0) is 17.7 Å². The fourth-order valence-corrected chi connectivity index (χ4v) is 3.73. The van der Waals surface area contributed by atoms with Crippen LogP contribution in [0.1, 0.15) is 22.4 Å². The molecule has 3 aromatic rings. The van der Waals surface area contributed by atoms with E-state index < -0.39 is 29.0 Å². The van der Waals surface area contributed by atoms with Gasteiger partial charge in [0, 0.05) is 22.0 Å². The van der Waals surface area contributed by atoms with Crippen LogP contribution < -0.4 is 4.90 Å². The summed E-state index contributed by atoms with van der Waals surface area (Å²) >= 11 is 3.05. The van der Waals surface area contributed by atoms with Gasteiger partial charge >= 0.3 is 18.4 Å². The maximum atomic E-state index is 13.5. The lowest BCUT2D eigenvalue weighted by Crippen LogP contribution is -2.15. The number of fused-ring (bicyclic) bond motifs is 3. The van der Waals surface area contributed by atoms with Gasteiger partial charge in [-0.1, -0.05) is 21.0 Å². The van der Waals surface area contributed by atoms with Crippen molar-refractivity contribution >= 4 is 32.8 Å². The minimum atomic E-state index is -5.02. The van der Waals surface area contributed by atoms with Crippen molar-refractivity contribution in [2.75, 3.05) is 4.90 Å². The minimum Gasteiger partial charge on any atom is -0.411 e. The van der Waals surface area contributed by atoms with Gasteiger partial charge in [-0.25, -0.2) is 4.98 Å². The second-order valence-corrected chi connectivity index (χ2v) is 6.70. The van der Waals surface area contributed by atoms with E-state index in [9.17, 15) is 26.3 Å². The van der Waals surface area contributed by atoms with Crippen LogP contribution in [0.5, 0.6) is 0 Å². The minimum absolute atomic E-state index is 0.00703. The molecule has 0 unspecified atom stereocenters. The second kappa shape index (κ2) is 5.81. The molecule has 0 fully saturated rings. The number of halogens is 7. The smallest absolute Gasteiger partial charge is 0.411 e. The monoisotopic (exact) mass is 452 g/mol. The molecule has 0 saturated heterocycles. The summed E-state index contributed by atoms with van der Waals surface area (Å²) in [5.74, 6) is 0. The van der Waals surface area contributed by atoms with Crippen molar-refractivity contribution in [1.29, 1.82) is 0 Å². The molecule has 0 spiro atoms. The molecule has 1 aromatic carbocycles. The SMILES string of the molecule is FC(F)(F)c1cc(C(F)(F)F)c2c(Br)cc3c(c2n1)CN(c1nnco1)C3. The van der Waals surface area contributed by atoms with E-state index >= 15 is 0 Å². The van der Waals surface area contributed by atoms with Gasteiger partial charge in [0.1, 0.15) is 5.69 Å². The standard InChI is InChI=1S/C15H7BrF6N4O/c16-9-1-6-3-26(13-25-23-5-27-13)4-7(6)12-11(9)8(14(17,18)19)2-10(24-12)15(20,21)22/h1-2,5H,3-4H2. The zero-order chi connectivity index (χ0) is 19.6. The highest BCUT2D eigenvalue weighted by Gasteiger charge is 2.41. The zero-order valence-electron chi connectivity index (χ0n) is 13.0. The highest BCUT2D eigenvalue weighted by Crippen LogP contribution is 2.44. The maximum absolute atomic E-state index is 13.5. The summed E-state index contributed by atoms with van der Waals surface area (Å²) in [6.07, 6.45) is -8.93. The largest absolute Gasteiger partial charge is 0.433 e. The topological polar surface area (TPSA) is 55.1 Å². The van der Waals surface area contributed by atoms with Crippen LogP contribution in [0.4, 0.5) is 32.4 Å². The Morgan fingerprint density at radius 2 is 1.78 bits per heavy atom. The lowest BCUT2D eigenvalue weighted by molar-refractivity contribution is -0.144. The number of aromatic nitrogens is 3. The first-order valence-electron chi connectivity index (χ1n) is 7.36. The van der Waals surface area contributed by atoms with E-state index in [2.05, 4.69) is 31.1 Å². The van der Waals surface area contributed by atoms with Crippen LogP contribution in [0.25, 0.3) is 10.9 Å². The van der Waals surface area contributed by atoms with E-state index in [1.54, 1.807) is 4.90 Å². The zero-order valence-corrected chi connectivity index (χ0v) is 14.6. The summed E-state index contributed by atoms with van der Waals surface area (Å²) in [5.41, 5.74) is -2.58. The number of alkyl halides is 6. The number of pyridine rings is 1. The molecule has 5 nitrogen and oxygen atoms in total. The molecule has 0 N–H and O–H groups in total. The van der Waals surface area contributed by atoms with Gasteiger partial charge in [-0.15, -0.1) is 5.10 Å². The quantitative estimate of drug-likeness (QED) is 0.489. The van der Waals surface area contributed by atoms with Crippen molar-refractivity contribution in [2.24, 2.45) is 0 Å². The lowest BCUT2D eigenvalue weighted by Gasteiger charge is -2.17. The number of nitrogens with zero attached hydrogens (tertiary/aromatic N) is 4. The van der Waals surface area contributed by atoms with Gasteiger partial charge in [-0.3, -0.25) is 0 Å². The molecular weight excluding hydrogens is 446 g/mol. The Balaban J connectivity index is 1.99. The van der Waals surface area contributed by atoms with Crippen LogP contribution in [0.2, 0.25) is 0 Å². The summed E-state index contributed by atoms with van der Waals surface area (Å²) < 4.78 is 84.9. The van der Waals surface area contributed by atoms with Crippen LogP contribution >= 0.6 is 15.9 Å². The first-order valence-corrected chi connectivity index (χ1v) is 8.15. The Bertz CT molecular complexity index is 1030. The van der Waals surface area contributed by atoms with Crippen molar-refractivity contribution in [1.82, 2.24) is 15.2 Å². The maximum Gasteiger partial charge on any atom is 0.433 e. The van der Waals surface area contributed by atoms with Crippen molar-refractivity contribution < 1.29 is 30.8 Å². The van der Waals surface area contributed by atoms with E-state index in [1.165, 1.54) is 6.07 Å². The first kappa shape index (κ1) is 18.0. The predicted octanol–water partition coefficient (Wildman–Crippen LogP) is 4.94. The van der Waals surface area contributed by atoms with E-state index in [0.717, 1.165) is 6.39 Å². The molecule has 0 radical (unpaired) electrons. The number of hydrogen-bond donors (Lipinski definition) is 0. The molecule has 1 aliphatic heterocycles. The Morgan fingerprint density at radius 3 is 2.37 bits per heavy atom. The average Bonchev–Trinajstić information content (AvgIpc) is 3.21. The lowest BCUT2D eigenvalue weighted by atomic mass is 10.0. The third-order valence-corrected chi connectivity index (χ3v) is 4.78. The molecule has 0 amide bonds. The summed E-state index contributed by atoms with van der Waals surface area (Å²) in [4.78, 5) is 5.06. The molecule has 0 aliphatic carbocycles. The molecule has 12 heteroatoms. The Morgan fingerprint density at radius 1 is 1.04 bits per heavy atom. The number of anilines is 1. The molecule has 0 saturated carbocycles. The molecule has 4 rings (SSSR count). The van der Waals surface area contributed by atoms with Gasteiger partial charge in [0.25, 0.3) is 0 Å². The number of benzene rings is 1. The van der Waals surface area contributed by atoms with Gasteiger partial charge in [0.05, 0.1) is 17.6 Å². The van der Waals surface area contributed by atoms with Crippen LogP contribution in [0.15, 0.2) is 27.4 Å². The van der Waals surface area contributed by atoms with Crippen LogP contribution in [0, 0.1) is 0 Å². The van der Waals surface area contributed by atoms with E-state index in [-0.39, 0.29) is 40.7 Å². The molecule has 27 heavy (non-hydrogen) atoms. The van der Waals surface area contributed by atoms with Crippen molar-refractivity contribution in [2.45, 2.75) is 25.4 Å². The third-order valence-electron chi connectivity index (χ3n) is 4.16. The molecule has 142 valence electrons. The van der Waals surface area contributed by atoms with Crippen LogP contribution in [0.3, 0.4) is 0 Å². The normalized spacial score (nSPS) is 14.9. The predicted molar refractivity (Wildman–Crippen MR) is 83.6 cm³/mol. The van der Waals surface area contributed by atoms with Crippen molar-refractivity contribution in [3.05, 3.63) is 45.4 Å². The van der Waals surface area contributed by atoms with Crippen LogP contribution in [-0.2, 0) is 25.4 Å². The van der Waals surface area contributed by atoms with Gasteiger partial charge in [-0.2, -0.15) is 26.3 Å². The van der Waals surface area contributed by atoms with E-state index in [0.29, 0.717) is 5.56 Å². The van der Waals surface area contributed by atoms with E-state index in [4.69, 9.17) is 4.42 Å². The fraction of sp³-hybridized carbons (Fsp3) is 0.267. The molecule has 0 bridgehead atoms. The molecule has 3 heterocycles. The van der Waals surface area contributed by atoms with Gasteiger partial charge in [0.15, 0.2) is 0 Å². The van der Waals surface area contributed by atoms with Crippen molar-refractivity contribution in [3.8, 4) is 0 Å². The number of hydrogen-bond acceptors (Lipinski definition) is 5. The Labute approximate surface area is 155 Å². The van der Waals surface area contributed by atoms with E-state index in [1.807, 2.05) is 0 Å². The Kier molecular flexibility index (Phi) is 3.88. The van der Waals surface area contributed by atoms with Crippen molar-refractivity contribution in [3.63, 3.8) is 0 Å².